The number of nitrogens with one attached hydrogen (secondary N) is 2. The third-order valence-electron chi connectivity index (χ3n) is 4.36. The van der Waals surface area contributed by atoms with Gasteiger partial charge in [-0.05, 0) is 36.4 Å². The number of hydrogen-bond donors (Lipinski definition) is 2. The van der Waals surface area contributed by atoms with Crippen molar-refractivity contribution in [2.24, 2.45) is 0 Å². The summed E-state index contributed by atoms with van der Waals surface area (Å²) in [4.78, 5) is 14.8. The Kier molecular flexibility index (Phi) is 6.90. The molecule has 3 rings (SSSR count). The van der Waals surface area contributed by atoms with Crippen LogP contribution in [-0.2, 0) is 14.8 Å². The summed E-state index contributed by atoms with van der Waals surface area (Å²) in [6.07, 6.45) is 0. The molecule has 0 bridgehead atoms. The number of ether oxygens (including phenoxy) is 1. The Morgan fingerprint density at radius 3 is 2.46 bits per heavy atom. The van der Waals surface area contributed by atoms with Crippen molar-refractivity contribution in [2.75, 3.05) is 44.1 Å². The summed E-state index contributed by atoms with van der Waals surface area (Å²) < 4.78 is 33.0. The molecule has 150 valence electrons. The zero-order chi connectivity index (χ0) is 20.0. The van der Waals surface area contributed by atoms with Crippen molar-refractivity contribution < 1.29 is 17.9 Å². The monoisotopic (exact) mass is 423 g/mol. The quantitative estimate of drug-likeness (QED) is 0.712. The zero-order valence-corrected chi connectivity index (χ0v) is 16.8. The predicted octanol–water partition coefficient (Wildman–Crippen LogP) is 2.20. The molecule has 0 aliphatic carbocycles. The molecule has 28 heavy (non-hydrogen) atoms. The summed E-state index contributed by atoms with van der Waals surface area (Å²) in [7, 11) is -3.83. The Morgan fingerprint density at radius 1 is 1.07 bits per heavy atom. The molecular weight excluding hydrogens is 402 g/mol. The maximum absolute atomic E-state index is 12.6. The van der Waals surface area contributed by atoms with Crippen LogP contribution in [0.5, 0.6) is 0 Å². The van der Waals surface area contributed by atoms with E-state index in [4.69, 9.17) is 16.3 Å². The van der Waals surface area contributed by atoms with Gasteiger partial charge in [0.25, 0.3) is 15.9 Å². The molecule has 0 aromatic heterocycles. The van der Waals surface area contributed by atoms with Gasteiger partial charge in [-0.2, -0.15) is 0 Å². The van der Waals surface area contributed by atoms with Crippen LogP contribution in [0.4, 0.5) is 5.69 Å². The van der Waals surface area contributed by atoms with E-state index in [2.05, 4.69) is 14.9 Å². The summed E-state index contributed by atoms with van der Waals surface area (Å²) in [5.74, 6) is -0.331. The van der Waals surface area contributed by atoms with Gasteiger partial charge in [-0.25, -0.2) is 8.42 Å². The molecule has 1 aliphatic rings. The summed E-state index contributed by atoms with van der Waals surface area (Å²) in [6, 6.07) is 12.3. The molecule has 1 amide bonds. The SMILES string of the molecule is O=C(NCCN1CCOCC1)c1ccccc1NS(=O)(=O)c1ccc(Cl)cc1. The molecule has 0 spiro atoms. The number of anilines is 1. The fraction of sp³-hybridized carbons (Fsp3) is 0.316. The maximum atomic E-state index is 12.6. The van der Waals surface area contributed by atoms with Crippen LogP contribution in [-0.4, -0.2) is 58.6 Å². The number of benzene rings is 2. The Labute approximate surface area is 169 Å². The highest BCUT2D eigenvalue weighted by atomic mass is 35.5. The lowest BCUT2D eigenvalue weighted by Gasteiger charge is -2.26. The van der Waals surface area contributed by atoms with Gasteiger partial charge in [-0.15, -0.1) is 0 Å². The fourth-order valence-electron chi connectivity index (χ4n) is 2.84. The van der Waals surface area contributed by atoms with Crippen molar-refractivity contribution in [3.05, 3.63) is 59.1 Å². The number of carbonyl (C=O) groups is 1. The van der Waals surface area contributed by atoms with E-state index in [1.807, 2.05) is 0 Å². The van der Waals surface area contributed by atoms with Gasteiger partial charge in [0.15, 0.2) is 0 Å². The van der Waals surface area contributed by atoms with Gasteiger partial charge in [0.2, 0.25) is 0 Å². The predicted molar refractivity (Wildman–Crippen MR) is 108 cm³/mol. The van der Waals surface area contributed by atoms with Gasteiger partial charge in [0.05, 0.1) is 29.4 Å². The van der Waals surface area contributed by atoms with Gasteiger partial charge in [0.1, 0.15) is 0 Å². The fourth-order valence-corrected chi connectivity index (χ4v) is 4.04. The molecule has 0 radical (unpaired) electrons. The Bertz CT molecular complexity index is 913. The van der Waals surface area contributed by atoms with Crippen molar-refractivity contribution in [1.29, 1.82) is 0 Å². The van der Waals surface area contributed by atoms with E-state index in [9.17, 15) is 13.2 Å². The number of hydrogen-bond acceptors (Lipinski definition) is 5. The van der Waals surface area contributed by atoms with Crippen LogP contribution in [0.25, 0.3) is 0 Å². The normalized spacial score (nSPS) is 15.2. The molecule has 0 saturated carbocycles. The molecule has 9 heteroatoms. The van der Waals surface area contributed by atoms with Crippen molar-refractivity contribution in [3.8, 4) is 0 Å². The van der Waals surface area contributed by atoms with E-state index >= 15 is 0 Å². The van der Waals surface area contributed by atoms with Crippen LogP contribution in [0.15, 0.2) is 53.4 Å². The Morgan fingerprint density at radius 2 is 1.75 bits per heavy atom. The number of morpholine rings is 1. The second kappa shape index (κ2) is 9.38. The molecule has 2 N–H and O–H groups in total. The van der Waals surface area contributed by atoms with Gasteiger partial charge >= 0.3 is 0 Å². The molecule has 2 aromatic carbocycles. The first-order valence-corrected chi connectivity index (χ1v) is 10.8. The minimum Gasteiger partial charge on any atom is -0.379 e. The summed E-state index contributed by atoms with van der Waals surface area (Å²) >= 11 is 5.81. The van der Waals surface area contributed by atoms with E-state index in [0.29, 0.717) is 31.3 Å². The van der Waals surface area contributed by atoms with E-state index in [1.54, 1.807) is 24.3 Å². The zero-order valence-electron chi connectivity index (χ0n) is 15.2. The molecule has 1 heterocycles. The third kappa shape index (κ3) is 5.45. The largest absolute Gasteiger partial charge is 0.379 e. The van der Waals surface area contributed by atoms with E-state index in [-0.39, 0.29) is 22.1 Å². The molecule has 1 aliphatic heterocycles. The second-order valence-electron chi connectivity index (χ2n) is 6.31. The average Bonchev–Trinajstić information content (AvgIpc) is 2.69. The van der Waals surface area contributed by atoms with E-state index in [1.165, 1.54) is 24.3 Å². The molecule has 0 unspecified atom stereocenters. The van der Waals surface area contributed by atoms with Gasteiger partial charge in [-0.1, -0.05) is 23.7 Å². The number of carbonyl (C=O) groups excluding carboxylic acids is 1. The van der Waals surface area contributed by atoms with Crippen molar-refractivity contribution in [2.45, 2.75) is 4.90 Å². The van der Waals surface area contributed by atoms with Crippen molar-refractivity contribution >= 4 is 33.2 Å². The molecule has 7 nitrogen and oxygen atoms in total. The van der Waals surface area contributed by atoms with Crippen molar-refractivity contribution in [3.63, 3.8) is 0 Å². The minimum absolute atomic E-state index is 0.0689. The van der Waals surface area contributed by atoms with Crippen molar-refractivity contribution in [1.82, 2.24) is 10.2 Å². The van der Waals surface area contributed by atoms with Gasteiger partial charge in [0, 0.05) is 31.2 Å². The van der Waals surface area contributed by atoms with Crippen LogP contribution >= 0.6 is 11.6 Å². The van der Waals surface area contributed by atoms with Crippen LogP contribution in [0.1, 0.15) is 10.4 Å². The van der Waals surface area contributed by atoms with Crippen LogP contribution in [0.2, 0.25) is 5.02 Å². The lowest BCUT2D eigenvalue weighted by molar-refractivity contribution is 0.0383. The molecule has 1 saturated heterocycles. The standard InChI is InChI=1S/C19H22ClN3O4S/c20-15-5-7-16(8-6-15)28(25,26)22-18-4-2-1-3-17(18)19(24)21-9-10-23-11-13-27-14-12-23/h1-8,22H,9-14H2,(H,21,24). The Balaban J connectivity index is 1.66. The highest BCUT2D eigenvalue weighted by molar-refractivity contribution is 7.92. The smallest absolute Gasteiger partial charge is 0.261 e. The first-order chi connectivity index (χ1) is 13.5. The van der Waals surface area contributed by atoms with E-state index in [0.717, 1.165) is 13.1 Å². The maximum Gasteiger partial charge on any atom is 0.261 e. The number of rotatable bonds is 7. The summed E-state index contributed by atoms with van der Waals surface area (Å²) in [6.45, 7) is 4.26. The number of nitrogens with zero attached hydrogens (tertiary/aromatic N) is 1. The summed E-state index contributed by atoms with van der Waals surface area (Å²) in [5.41, 5.74) is 0.489. The number of halogens is 1. The molecule has 2 aromatic rings. The highest BCUT2D eigenvalue weighted by Gasteiger charge is 2.19. The summed E-state index contributed by atoms with van der Waals surface area (Å²) in [5, 5.41) is 3.29. The van der Waals surface area contributed by atoms with Crippen LogP contribution < -0.4 is 10.0 Å². The first-order valence-electron chi connectivity index (χ1n) is 8.91. The van der Waals surface area contributed by atoms with E-state index < -0.39 is 10.0 Å². The van der Waals surface area contributed by atoms with Crippen LogP contribution in [0, 0.1) is 0 Å². The molecule has 0 atom stereocenters. The second-order valence-corrected chi connectivity index (χ2v) is 8.43. The number of amides is 1. The van der Waals surface area contributed by atoms with Gasteiger partial charge < -0.3 is 10.1 Å². The number of para-hydroxylation sites is 1. The Hall–Kier alpha value is -2.13. The number of sulfonamides is 1. The minimum atomic E-state index is -3.83. The lowest BCUT2D eigenvalue weighted by Crippen LogP contribution is -2.41. The third-order valence-corrected chi connectivity index (χ3v) is 5.99. The average molecular weight is 424 g/mol. The first kappa shape index (κ1) is 20.6. The van der Waals surface area contributed by atoms with Gasteiger partial charge in [-0.3, -0.25) is 14.4 Å². The highest BCUT2D eigenvalue weighted by Crippen LogP contribution is 2.21. The topological polar surface area (TPSA) is 87.7 Å². The van der Waals surface area contributed by atoms with Crippen LogP contribution in [0.3, 0.4) is 0 Å². The molecular formula is C19H22ClN3O4S. The lowest BCUT2D eigenvalue weighted by atomic mass is 10.1. The molecule has 1 fully saturated rings.